The van der Waals surface area contributed by atoms with Gasteiger partial charge in [0.05, 0.1) is 0 Å². The second kappa shape index (κ2) is 11.6. The van der Waals surface area contributed by atoms with Gasteiger partial charge in [-0.1, -0.05) is 140 Å². The number of aryl methyl sites for hydroxylation is 1. The van der Waals surface area contributed by atoms with Crippen LogP contribution in [-0.2, 0) is 6.54 Å². The fraction of sp³-hybridized carbons (Fsp3) is 0.0435. The minimum absolute atomic E-state index is 0.933. The van der Waals surface area contributed by atoms with Crippen molar-refractivity contribution in [3.05, 3.63) is 176 Å². The molecule has 2 aromatic heterocycles. The number of aromatic nitrogens is 2. The molecule has 7 aromatic carbocycles. The highest BCUT2D eigenvalue weighted by molar-refractivity contribution is 6.18. The Hall–Kier alpha value is -6.12. The first-order valence-corrected chi connectivity index (χ1v) is 16.7. The van der Waals surface area contributed by atoms with E-state index in [0.29, 0.717) is 0 Å². The van der Waals surface area contributed by atoms with Crippen LogP contribution in [0.5, 0.6) is 0 Å². The Balaban J connectivity index is 1.44. The number of nitrogens with zero attached hydrogens (tertiary/aromatic N) is 2. The number of hydrogen-bond donors (Lipinski definition) is 0. The molecule has 0 amide bonds. The molecule has 0 aliphatic carbocycles. The highest BCUT2D eigenvalue weighted by Gasteiger charge is 2.25. The molecule has 0 spiro atoms. The van der Waals surface area contributed by atoms with Gasteiger partial charge in [0.2, 0.25) is 0 Å². The molecule has 0 bridgehead atoms. The topological polar surface area (TPSA) is 9.86 Å². The normalized spacial score (nSPS) is 11.5. The van der Waals surface area contributed by atoms with Crippen molar-refractivity contribution in [2.75, 3.05) is 0 Å². The van der Waals surface area contributed by atoms with Gasteiger partial charge in [0.15, 0.2) is 0 Å². The van der Waals surface area contributed by atoms with Crippen molar-refractivity contribution in [1.29, 1.82) is 0 Å². The Morgan fingerprint density at radius 3 is 1.27 bits per heavy atom. The highest BCUT2D eigenvalue weighted by Crippen LogP contribution is 2.51. The third-order valence-electron chi connectivity index (χ3n) is 9.74. The Kier molecular flexibility index (Phi) is 6.80. The van der Waals surface area contributed by atoms with Crippen LogP contribution < -0.4 is 0 Å². The predicted molar refractivity (Wildman–Crippen MR) is 204 cm³/mol. The second-order valence-corrected chi connectivity index (χ2v) is 12.4. The van der Waals surface area contributed by atoms with E-state index in [0.717, 1.165) is 12.2 Å². The number of para-hydroxylation sites is 1. The van der Waals surface area contributed by atoms with Gasteiger partial charge in [0, 0.05) is 57.2 Å². The monoisotopic (exact) mass is 614 g/mol. The molecular formula is C46H34N2. The first kappa shape index (κ1) is 28.1. The summed E-state index contributed by atoms with van der Waals surface area (Å²) in [5, 5.41) is 5.04. The van der Waals surface area contributed by atoms with Crippen molar-refractivity contribution in [1.82, 2.24) is 9.13 Å². The lowest BCUT2D eigenvalue weighted by Crippen LogP contribution is -1.96. The van der Waals surface area contributed by atoms with E-state index >= 15 is 0 Å². The fourth-order valence-corrected chi connectivity index (χ4v) is 7.66. The van der Waals surface area contributed by atoms with Crippen LogP contribution in [0.15, 0.2) is 176 Å². The van der Waals surface area contributed by atoms with Crippen LogP contribution in [0.2, 0.25) is 0 Å². The quantitative estimate of drug-likeness (QED) is 0.176. The molecule has 48 heavy (non-hydrogen) atoms. The average molecular weight is 615 g/mol. The molecule has 2 nitrogen and oxygen atoms in total. The minimum Gasteiger partial charge on any atom is -0.341 e. The zero-order valence-electron chi connectivity index (χ0n) is 26.8. The SMILES string of the molecule is CCn1c2ccccc2c2cc(-n3cc4c(-c5ccccc5)c(-c5ccccc5)c(-c5ccccc5)c(-c5ccccc5)c4c3)ccc21. The van der Waals surface area contributed by atoms with E-state index in [1.807, 2.05) is 0 Å². The summed E-state index contributed by atoms with van der Waals surface area (Å²) in [6.45, 7) is 3.16. The smallest absolute Gasteiger partial charge is 0.0492 e. The van der Waals surface area contributed by atoms with Gasteiger partial charge in [-0.25, -0.2) is 0 Å². The molecule has 2 heterocycles. The molecule has 9 aromatic rings. The predicted octanol–water partition coefficient (Wildman–Crippen LogP) is 12.4. The summed E-state index contributed by atoms with van der Waals surface area (Å²) in [5.41, 5.74) is 13.5. The van der Waals surface area contributed by atoms with E-state index in [1.54, 1.807) is 0 Å². The van der Waals surface area contributed by atoms with Gasteiger partial charge in [-0.3, -0.25) is 0 Å². The second-order valence-electron chi connectivity index (χ2n) is 12.4. The molecule has 0 atom stereocenters. The summed E-state index contributed by atoms with van der Waals surface area (Å²) in [4.78, 5) is 0. The molecule has 0 fully saturated rings. The molecule has 0 saturated carbocycles. The first-order chi connectivity index (χ1) is 23.8. The summed E-state index contributed by atoms with van der Waals surface area (Å²) in [5.74, 6) is 0. The summed E-state index contributed by atoms with van der Waals surface area (Å²) in [7, 11) is 0. The number of hydrogen-bond acceptors (Lipinski definition) is 0. The third kappa shape index (κ3) is 4.49. The van der Waals surface area contributed by atoms with Crippen molar-refractivity contribution in [3.63, 3.8) is 0 Å². The van der Waals surface area contributed by atoms with Crippen molar-refractivity contribution >= 4 is 32.6 Å². The zero-order valence-corrected chi connectivity index (χ0v) is 26.8. The van der Waals surface area contributed by atoms with Crippen LogP contribution in [0.4, 0.5) is 0 Å². The van der Waals surface area contributed by atoms with Gasteiger partial charge < -0.3 is 9.13 Å². The molecule has 0 saturated heterocycles. The maximum atomic E-state index is 2.42. The Labute approximate surface area is 280 Å². The summed E-state index contributed by atoms with van der Waals surface area (Å²) in [6.07, 6.45) is 4.71. The van der Waals surface area contributed by atoms with Crippen LogP contribution in [0, 0.1) is 0 Å². The van der Waals surface area contributed by atoms with E-state index in [1.165, 1.54) is 77.1 Å². The Bertz CT molecular complexity index is 2440. The molecule has 0 radical (unpaired) electrons. The molecular weight excluding hydrogens is 581 g/mol. The average Bonchev–Trinajstić information content (AvgIpc) is 3.74. The molecule has 2 heteroatoms. The molecule has 0 aliphatic rings. The van der Waals surface area contributed by atoms with Gasteiger partial charge in [-0.05, 0) is 75.7 Å². The van der Waals surface area contributed by atoms with E-state index in [9.17, 15) is 0 Å². The van der Waals surface area contributed by atoms with Crippen LogP contribution in [0.1, 0.15) is 6.92 Å². The van der Waals surface area contributed by atoms with Gasteiger partial charge >= 0.3 is 0 Å². The first-order valence-electron chi connectivity index (χ1n) is 16.7. The largest absolute Gasteiger partial charge is 0.341 e. The van der Waals surface area contributed by atoms with Gasteiger partial charge in [0.1, 0.15) is 0 Å². The number of benzene rings is 7. The maximum absolute atomic E-state index is 2.42. The van der Waals surface area contributed by atoms with Gasteiger partial charge in [-0.2, -0.15) is 0 Å². The third-order valence-corrected chi connectivity index (χ3v) is 9.74. The Morgan fingerprint density at radius 1 is 0.375 bits per heavy atom. The van der Waals surface area contributed by atoms with Crippen LogP contribution in [0.25, 0.3) is 82.8 Å². The van der Waals surface area contributed by atoms with Crippen molar-refractivity contribution in [2.24, 2.45) is 0 Å². The van der Waals surface area contributed by atoms with E-state index in [4.69, 9.17) is 0 Å². The summed E-state index contributed by atoms with van der Waals surface area (Å²) < 4.78 is 4.75. The van der Waals surface area contributed by atoms with Crippen molar-refractivity contribution < 1.29 is 0 Å². The van der Waals surface area contributed by atoms with Crippen molar-refractivity contribution in [2.45, 2.75) is 13.5 Å². The molecule has 0 aliphatic heterocycles. The minimum atomic E-state index is 0.933. The van der Waals surface area contributed by atoms with Crippen LogP contribution in [0.3, 0.4) is 0 Å². The number of rotatable bonds is 6. The summed E-state index contributed by atoms with van der Waals surface area (Å²) in [6, 6.07) is 59.3. The van der Waals surface area contributed by atoms with Crippen LogP contribution in [-0.4, -0.2) is 9.13 Å². The highest BCUT2D eigenvalue weighted by atomic mass is 15.0. The lowest BCUT2D eigenvalue weighted by atomic mass is 9.80. The number of fused-ring (bicyclic) bond motifs is 4. The zero-order chi connectivity index (χ0) is 32.0. The van der Waals surface area contributed by atoms with E-state index in [2.05, 4.69) is 192 Å². The maximum Gasteiger partial charge on any atom is 0.0492 e. The van der Waals surface area contributed by atoms with Crippen LogP contribution >= 0.6 is 0 Å². The van der Waals surface area contributed by atoms with E-state index in [-0.39, 0.29) is 0 Å². The van der Waals surface area contributed by atoms with Gasteiger partial charge in [0.25, 0.3) is 0 Å². The standard InChI is InChI=1S/C46H34N2/c1-2-48-41-26-16-15-25-37(41)38-29-36(27-28-42(38)48)47-30-39-40(31-47)44(33-19-9-4-10-20-33)46(35-23-13-6-14-24-35)45(34-21-11-5-12-22-34)43(39)32-17-7-3-8-18-32/h3-31H,2H2,1H3. The fourth-order valence-electron chi connectivity index (χ4n) is 7.66. The lowest BCUT2D eigenvalue weighted by molar-refractivity contribution is 0.827. The summed E-state index contributed by atoms with van der Waals surface area (Å²) >= 11 is 0. The van der Waals surface area contributed by atoms with E-state index < -0.39 is 0 Å². The Morgan fingerprint density at radius 2 is 0.792 bits per heavy atom. The molecule has 0 N–H and O–H groups in total. The molecule has 9 rings (SSSR count). The van der Waals surface area contributed by atoms with Gasteiger partial charge in [-0.15, -0.1) is 0 Å². The molecule has 0 unspecified atom stereocenters. The van der Waals surface area contributed by atoms with Crippen molar-refractivity contribution in [3.8, 4) is 50.2 Å². The lowest BCUT2D eigenvalue weighted by Gasteiger charge is -2.22. The molecule has 228 valence electrons.